The van der Waals surface area contributed by atoms with Gasteiger partial charge in [-0.15, -0.1) is 11.8 Å². The lowest BCUT2D eigenvalue weighted by molar-refractivity contribution is -0.123. The molecule has 0 spiro atoms. The Balaban J connectivity index is 1.45. The van der Waals surface area contributed by atoms with E-state index in [4.69, 9.17) is 4.74 Å². The van der Waals surface area contributed by atoms with Crippen LogP contribution in [0.2, 0.25) is 0 Å². The van der Waals surface area contributed by atoms with Gasteiger partial charge in [-0.3, -0.25) is 9.59 Å². The largest absolute Gasteiger partial charge is 0.449 e. The molecular weight excluding hydrogens is 388 g/mol. The molecule has 0 bridgehead atoms. The second-order valence-electron chi connectivity index (χ2n) is 6.61. The first kappa shape index (κ1) is 19.0. The molecule has 146 valence electrons. The number of rotatable bonds is 4. The Hall–Kier alpha value is -3.32. The minimum Gasteiger partial charge on any atom is -0.449 e. The first-order chi connectivity index (χ1) is 14.0. The van der Waals surface area contributed by atoms with Crippen LogP contribution in [-0.2, 0) is 14.3 Å². The molecule has 29 heavy (non-hydrogen) atoms. The number of benzene rings is 3. The molecule has 3 aromatic carbocycles. The van der Waals surface area contributed by atoms with Crippen LogP contribution < -0.4 is 10.6 Å². The van der Waals surface area contributed by atoms with Gasteiger partial charge in [0.15, 0.2) is 6.10 Å². The van der Waals surface area contributed by atoms with E-state index >= 15 is 0 Å². The van der Waals surface area contributed by atoms with Gasteiger partial charge in [-0.25, -0.2) is 4.79 Å². The smallest absolute Gasteiger partial charge is 0.338 e. The third kappa shape index (κ3) is 4.09. The van der Waals surface area contributed by atoms with E-state index < -0.39 is 18.0 Å². The highest BCUT2D eigenvalue weighted by Gasteiger charge is 2.22. The molecule has 0 saturated carbocycles. The van der Waals surface area contributed by atoms with Gasteiger partial charge in [0.2, 0.25) is 5.91 Å². The standard InChI is InChI=1S/C22H18N2O4S/c1-13(21(26)24-17-8-4-6-14-5-2-3-7-16(14)17)28-22(27)15-9-10-19-18(11-15)23-20(25)12-29-19/h2-11,13H,12H2,1H3,(H,23,25)(H,24,26). The summed E-state index contributed by atoms with van der Waals surface area (Å²) in [6.45, 7) is 1.52. The van der Waals surface area contributed by atoms with Crippen LogP contribution >= 0.6 is 11.8 Å². The SMILES string of the molecule is CC(OC(=O)c1ccc2c(c1)NC(=O)CS2)C(=O)Nc1cccc2ccccc12. The predicted molar refractivity (Wildman–Crippen MR) is 113 cm³/mol. The van der Waals surface area contributed by atoms with Crippen molar-refractivity contribution in [3.8, 4) is 0 Å². The summed E-state index contributed by atoms with van der Waals surface area (Å²) < 4.78 is 5.33. The number of carbonyl (C=O) groups excluding carboxylic acids is 3. The van der Waals surface area contributed by atoms with E-state index in [9.17, 15) is 14.4 Å². The van der Waals surface area contributed by atoms with Crippen LogP contribution in [0.1, 0.15) is 17.3 Å². The van der Waals surface area contributed by atoms with Crippen molar-refractivity contribution in [2.24, 2.45) is 0 Å². The van der Waals surface area contributed by atoms with Crippen molar-refractivity contribution in [1.29, 1.82) is 0 Å². The lowest BCUT2D eigenvalue weighted by atomic mass is 10.1. The summed E-state index contributed by atoms with van der Waals surface area (Å²) in [5.74, 6) is -0.812. The monoisotopic (exact) mass is 406 g/mol. The molecule has 1 atom stereocenters. The highest BCUT2D eigenvalue weighted by Crippen LogP contribution is 2.32. The number of nitrogens with one attached hydrogen (secondary N) is 2. The molecule has 1 unspecified atom stereocenters. The van der Waals surface area contributed by atoms with Gasteiger partial charge in [0, 0.05) is 16.0 Å². The van der Waals surface area contributed by atoms with Gasteiger partial charge in [-0.2, -0.15) is 0 Å². The van der Waals surface area contributed by atoms with E-state index in [1.807, 2.05) is 36.4 Å². The predicted octanol–water partition coefficient (Wildman–Crippen LogP) is 4.07. The van der Waals surface area contributed by atoms with Crippen molar-refractivity contribution < 1.29 is 19.1 Å². The first-order valence-electron chi connectivity index (χ1n) is 9.07. The molecule has 2 N–H and O–H groups in total. The molecule has 1 heterocycles. The normalized spacial score (nSPS) is 13.9. The van der Waals surface area contributed by atoms with Gasteiger partial charge in [0.25, 0.3) is 5.91 Å². The fraction of sp³-hybridized carbons (Fsp3) is 0.136. The Morgan fingerprint density at radius 3 is 2.76 bits per heavy atom. The van der Waals surface area contributed by atoms with Gasteiger partial charge in [-0.1, -0.05) is 36.4 Å². The maximum Gasteiger partial charge on any atom is 0.338 e. The Bertz CT molecular complexity index is 1120. The zero-order valence-electron chi connectivity index (χ0n) is 15.6. The number of amides is 2. The van der Waals surface area contributed by atoms with Crippen molar-refractivity contribution in [2.45, 2.75) is 17.9 Å². The van der Waals surface area contributed by atoms with Gasteiger partial charge >= 0.3 is 5.97 Å². The van der Waals surface area contributed by atoms with Gasteiger partial charge in [0.05, 0.1) is 17.0 Å². The van der Waals surface area contributed by atoms with Gasteiger partial charge in [0.1, 0.15) is 0 Å². The molecule has 2 amide bonds. The summed E-state index contributed by atoms with van der Waals surface area (Å²) in [5.41, 5.74) is 1.51. The Morgan fingerprint density at radius 1 is 1.10 bits per heavy atom. The summed E-state index contributed by atoms with van der Waals surface area (Å²) in [4.78, 5) is 37.5. The molecule has 6 nitrogen and oxygen atoms in total. The average Bonchev–Trinajstić information content (AvgIpc) is 2.73. The van der Waals surface area contributed by atoms with E-state index in [0.29, 0.717) is 17.1 Å². The van der Waals surface area contributed by atoms with E-state index in [1.165, 1.54) is 18.7 Å². The third-order valence-corrected chi connectivity index (χ3v) is 5.62. The molecule has 4 rings (SSSR count). The second kappa shape index (κ2) is 7.97. The number of carbonyl (C=O) groups is 3. The van der Waals surface area contributed by atoms with Crippen LogP contribution in [0.3, 0.4) is 0 Å². The maximum atomic E-state index is 12.5. The molecule has 7 heteroatoms. The zero-order chi connectivity index (χ0) is 20.4. The summed E-state index contributed by atoms with van der Waals surface area (Å²) >= 11 is 1.41. The minimum atomic E-state index is -0.985. The Labute approximate surface area is 171 Å². The number of fused-ring (bicyclic) bond motifs is 2. The van der Waals surface area contributed by atoms with Crippen molar-refractivity contribution in [2.75, 3.05) is 16.4 Å². The molecule has 0 saturated heterocycles. The van der Waals surface area contributed by atoms with Crippen LogP contribution in [0.15, 0.2) is 65.6 Å². The van der Waals surface area contributed by atoms with E-state index in [0.717, 1.165) is 15.7 Å². The topological polar surface area (TPSA) is 84.5 Å². The number of ether oxygens (including phenoxy) is 1. The summed E-state index contributed by atoms with van der Waals surface area (Å²) in [6, 6.07) is 18.3. The number of hydrogen-bond donors (Lipinski definition) is 2. The highest BCUT2D eigenvalue weighted by molar-refractivity contribution is 8.00. The van der Waals surface area contributed by atoms with E-state index in [-0.39, 0.29) is 11.5 Å². The van der Waals surface area contributed by atoms with Crippen molar-refractivity contribution in [1.82, 2.24) is 0 Å². The van der Waals surface area contributed by atoms with Crippen molar-refractivity contribution >= 4 is 51.7 Å². The third-order valence-electron chi connectivity index (χ3n) is 4.55. The molecule has 1 aliphatic heterocycles. The fourth-order valence-electron chi connectivity index (χ4n) is 3.06. The van der Waals surface area contributed by atoms with Crippen LogP contribution in [0.5, 0.6) is 0 Å². The second-order valence-corrected chi connectivity index (χ2v) is 7.63. The number of esters is 1. The molecular formula is C22H18N2O4S. The van der Waals surface area contributed by atoms with Gasteiger partial charge in [-0.05, 0) is 36.6 Å². The van der Waals surface area contributed by atoms with Crippen molar-refractivity contribution in [3.63, 3.8) is 0 Å². The first-order valence-corrected chi connectivity index (χ1v) is 10.1. The lowest BCUT2D eigenvalue weighted by Crippen LogP contribution is -2.30. The number of thioether (sulfide) groups is 1. The number of hydrogen-bond acceptors (Lipinski definition) is 5. The Kier molecular flexibility index (Phi) is 5.22. The van der Waals surface area contributed by atoms with Crippen LogP contribution in [-0.4, -0.2) is 29.6 Å². The average molecular weight is 406 g/mol. The Morgan fingerprint density at radius 2 is 1.90 bits per heavy atom. The molecule has 1 aliphatic rings. The van der Waals surface area contributed by atoms with Crippen molar-refractivity contribution in [3.05, 3.63) is 66.2 Å². The van der Waals surface area contributed by atoms with Crippen LogP contribution in [0.25, 0.3) is 10.8 Å². The highest BCUT2D eigenvalue weighted by atomic mass is 32.2. The summed E-state index contributed by atoms with van der Waals surface area (Å²) in [5, 5.41) is 7.47. The van der Waals surface area contributed by atoms with E-state index in [2.05, 4.69) is 10.6 Å². The zero-order valence-corrected chi connectivity index (χ0v) is 16.4. The van der Waals surface area contributed by atoms with Gasteiger partial charge < -0.3 is 15.4 Å². The molecule has 0 aliphatic carbocycles. The van der Waals surface area contributed by atoms with E-state index in [1.54, 1.807) is 24.3 Å². The molecule has 0 radical (unpaired) electrons. The summed E-state index contributed by atoms with van der Waals surface area (Å²) in [7, 11) is 0. The maximum absolute atomic E-state index is 12.5. The number of anilines is 2. The minimum absolute atomic E-state index is 0.115. The quantitative estimate of drug-likeness (QED) is 0.638. The molecule has 3 aromatic rings. The molecule has 0 fully saturated rings. The van der Waals surface area contributed by atoms with Crippen LogP contribution in [0.4, 0.5) is 11.4 Å². The summed E-state index contributed by atoms with van der Waals surface area (Å²) in [6.07, 6.45) is -0.985. The van der Waals surface area contributed by atoms with Crippen LogP contribution in [0, 0.1) is 0 Å². The lowest BCUT2D eigenvalue weighted by Gasteiger charge is -2.18. The fourth-order valence-corrected chi connectivity index (χ4v) is 3.85. The molecule has 0 aromatic heterocycles.